The number of nitrogens with one attached hydrogen (secondary N) is 1. The highest BCUT2D eigenvalue weighted by molar-refractivity contribution is 6.60. The van der Waals surface area contributed by atoms with E-state index in [1.165, 1.54) is 0 Å². The van der Waals surface area contributed by atoms with Crippen LogP contribution < -0.4 is 5.32 Å². The normalized spacial score (nSPS) is 16.9. The molecule has 0 aromatic carbocycles. The average molecular weight is 168 g/mol. The molecule has 1 heterocycles. The largest absolute Gasteiger partial charge is 0.469 e. The summed E-state index contributed by atoms with van der Waals surface area (Å²) in [7, 11) is 0. The summed E-state index contributed by atoms with van der Waals surface area (Å²) < 4.78 is 5.01. The lowest BCUT2D eigenvalue weighted by Gasteiger charge is -2.10. The van der Waals surface area contributed by atoms with Gasteiger partial charge in [0.1, 0.15) is 0 Å². The van der Waals surface area contributed by atoms with Gasteiger partial charge in [0.2, 0.25) is 0 Å². The minimum absolute atomic E-state index is 0.889. The van der Waals surface area contributed by atoms with Gasteiger partial charge in [0.25, 0.3) is 0 Å². The summed E-state index contributed by atoms with van der Waals surface area (Å²) in [4.78, 5) is 8.77. The first kappa shape index (κ1) is 9.68. The number of rotatable bonds is 0. The second kappa shape index (κ2) is 6.80. The first-order valence-corrected chi connectivity index (χ1v) is 3.28. The Kier molecular flexibility index (Phi) is 6.58. The maximum absolute atomic E-state index is 8.77. The molecule has 1 aliphatic rings. The zero-order chi connectivity index (χ0) is 7.82. The van der Waals surface area contributed by atoms with Gasteiger partial charge in [0.15, 0.2) is 0 Å². The molecule has 10 heavy (non-hydrogen) atoms. The first-order valence-electron chi connectivity index (χ1n) is 2.90. The fourth-order valence-electron chi connectivity index (χ4n) is 0.516. The van der Waals surface area contributed by atoms with Crippen molar-refractivity contribution in [2.24, 2.45) is 0 Å². The Bertz CT molecular complexity index is 79.4. The third-order valence-electron chi connectivity index (χ3n) is 0.846. The smallest absolute Gasteiger partial charge is 0.401 e. The Hall–Kier alpha value is -0.320. The van der Waals surface area contributed by atoms with Crippen LogP contribution in [0, 0.1) is 0 Å². The Morgan fingerprint density at radius 1 is 1.50 bits per heavy atom. The number of halogens is 1. The summed E-state index contributed by atoms with van der Waals surface area (Å²) in [6.45, 7) is 3.83. The van der Waals surface area contributed by atoms with Crippen molar-refractivity contribution in [3.8, 4) is 0 Å². The third-order valence-corrected chi connectivity index (χ3v) is 0.846. The Labute approximate surface area is 64.1 Å². The molecular formula is C5H10ClNO3. The lowest BCUT2D eigenvalue weighted by molar-refractivity contribution is 0.109. The molecule has 2 N–H and O–H groups in total. The predicted octanol–water partition coefficient (Wildman–Crippen LogP) is 0.509. The zero-order valence-electron chi connectivity index (χ0n) is 5.47. The second-order valence-corrected chi connectivity index (χ2v) is 1.94. The molecule has 0 aliphatic carbocycles. The van der Waals surface area contributed by atoms with Crippen LogP contribution in [0.25, 0.3) is 0 Å². The summed E-state index contributed by atoms with van der Waals surface area (Å²) in [5.74, 6) is 0. The molecule has 0 aromatic rings. The number of morpholine rings is 1. The van der Waals surface area contributed by atoms with Crippen LogP contribution in [0.2, 0.25) is 0 Å². The minimum atomic E-state index is -1.36. The lowest BCUT2D eigenvalue weighted by Crippen LogP contribution is -2.30. The number of ether oxygens (including phenoxy) is 1. The number of hydrogen-bond donors (Lipinski definition) is 2. The van der Waals surface area contributed by atoms with E-state index in [0.717, 1.165) is 26.3 Å². The zero-order valence-corrected chi connectivity index (χ0v) is 6.23. The molecule has 1 fully saturated rings. The summed E-state index contributed by atoms with van der Waals surface area (Å²) in [6, 6.07) is 0. The number of carbonyl (C=O) groups is 1. The maximum Gasteiger partial charge on any atom is 0.401 e. The fraction of sp³-hybridized carbons (Fsp3) is 0.800. The highest BCUT2D eigenvalue weighted by Gasteiger charge is 1.92. The van der Waals surface area contributed by atoms with Crippen LogP contribution in [0.15, 0.2) is 0 Å². The highest BCUT2D eigenvalue weighted by Crippen LogP contribution is 1.76. The summed E-state index contributed by atoms with van der Waals surface area (Å²) >= 11 is 4.19. The molecule has 0 atom stereocenters. The quantitative estimate of drug-likeness (QED) is 0.516. The second-order valence-electron chi connectivity index (χ2n) is 1.62. The lowest BCUT2D eigenvalue weighted by atomic mass is 10.5. The summed E-state index contributed by atoms with van der Waals surface area (Å²) in [6.07, 6.45) is 0. The predicted molar refractivity (Wildman–Crippen MR) is 37.6 cm³/mol. The van der Waals surface area contributed by atoms with Gasteiger partial charge in [-0.2, -0.15) is 0 Å². The number of hydrogen-bond acceptors (Lipinski definition) is 3. The van der Waals surface area contributed by atoms with E-state index < -0.39 is 5.43 Å². The van der Waals surface area contributed by atoms with E-state index in [1.807, 2.05) is 0 Å². The Balaban J connectivity index is 0.000000180. The van der Waals surface area contributed by atoms with Crippen LogP contribution in [0.4, 0.5) is 4.79 Å². The molecule has 4 nitrogen and oxygen atoms in total. The molecule has 0 bridgehead atoms. The maximum atomic E-state index is 8.77. The van der Waals surface area contributed by atoms with Crippen molar-refractivity contribution in [1.29, 1.82) is 0 Å². The topological polar surface area (TPSA) is 58.6 Å². The average Bonchev–Trinajstić information content (AvgIpc) is 1.90. The van der Waals surface area contributed by atoms with E-state index >= 15 is 0 Å². The monoisotopic (exact) mass is 167 g/mol. The molecule has 0 saturated carbocycles. The van der Waals surface area contributed by atoms with Crippen molar-refractivity contribution in [3.05, 3.63) is 0 Å². The Morgan fingerprint density at radius 3 is 2.00 bits per heavy atom. The molecule has 0 spiro atoms. The van der Waals surface area contributed by atoms with Gasteiger partial charge < -0.3 is 15.2 Å². The van der Waals surface area contributed by atoms with Crippen molar-refractivity contribution >= 4 is 17.0 Å². The molecule has 1 rings (SSSR count). The van der Waals surface area contributed by atoms with E-state index in [1.54, 1.807) is 0 Å². The van der Waals surface area contributed by atoms with Crippen LogP contribution in [0.1, 0.15) is 0 Å². The van der Waals surface area contributed by atoms with Gasteiger partial charge in [-0.15, -0.1) is 0 Å². The van der Waals surface area contributed by atoms with E-state index in [0.29, 0.717) is 0 Å². The van der Waals surface area contributed by atoms with Gasteiger partial charge in [-0.05, 0) is 0 Å². The molecule has 0 radical (unpaired) electrons. The molecular weight excluding hydrogens is 158 g/mol. The number of carboxylic acid groups (broad SMARTS) is 1. The van der Waals surface area contributed by atoms with Gasteiger partial charge in [-0.3, -0.25) is 0 Å². The Morgan fingerprint density at radius 2 is 1.90 bits per heavy atom. The molecule has 0 amide bonds. The third kappa shape index (κ3) is 10.6. The molecule has 5 heteroatoms. The van der Waals surface area contributed by atoms with Gasteiger partial charge in [0, 0.05) is 24.7 Å². The summed E-state index contributed by atoms with van der Waals surface area (Å²) in [5.41, 5.74) is -1.36. The van der Waals surface area contributed by atoms with Crippen molar-refractivity contribution in [2.75, 3.05) is 26.3 Å². The van der Waals surface area contributed by atoms with E-state index in [4.69, 9.17) is 14.6 Å². The highest BCUT2D eigenvalue weighted by atomic mass is 35.5. The van der Waals surface area contributed by atoms with Gasteiger partial charge in [0.05, 0.1) is 13.2 Å². The van der Waals surface area contributed by atoms with Crippen molar-refractivity contribution in [3.63, 3.8) is 0 Å². The van der Waals surface area contributed by atoms with Gasteiger partial charge in [-0.25, -0.2) is 4.79 Å². The van der Waals surface area contributed by atoms with Crippen LogP contribution in [-0.2, 0) is 4.74 Å². The fourth-order valence-corrected chi connectivity index (χ4v) is 0.516. The molecule has 1 aliphatic heterocycles. The SMILES string of the molecule is C1COCCN1.O=C(O)Cl. The molecule has 0 unspecified atom stereocenters. The van der Waals surface area contributed by atoms with Crippen molar-refractivity contribution < 1.29 is 14.6 Å². The molecule has 60 valence electrons. The van der Waals surface area contributed by atoms with Crippen LogP contribution in [0.5, 0.6) is 0 Å². The van der Waals surface area contributed by atoms with E-state index in [9.17, 15) is 0 Å². The van der Waals surface area contributed by atoms with Gasteiger partial charge >= 0.3 is 5.43 Å². The molecule has 1 saturated heterocycles. The minimum Gasteiger partial charge on any atom is -0.469 e. The summed E-state index contributed by atoms with van der Waals surface area (Å²) in [5, 5.41) is 10.3. The standard InChI is InChI=1S/C4H9NO.CHClO2/c1-3-6-4-2-5-1;2-1(3)4/h5H,1-4H2;(H,3,4). The van der Waals surface area contributed by atoms with Crippen molar-refractivity contribution in [1.82, 2.24) is 5.32 Å². The van der Waals surface area contributed by atoms with Crippen LogP contribution >= 0.6 is 11.6 Å². The van der Waals surface area contributed by atoms with Gasteiger partial charge in [-0.1, -0.05) is 0 Å². The van der Waals surface area contributed by atoms with Crippen LogP contribution in [0.3, 0.4) is 0 Å². The van der Waals surface area contributed by atoms with E-state index in [2.05, 4.69) is 16.9 Å². The van der Waals surface area contributed by atoms with Crippen LogP contribution in [-0.4, -0.2) is 36.8 Å². The molecule has 0 aromatic heterocycles. The first-order chi connectivity index (χ1) is 4.73. The van der Waals surface area contributed by atoms with E-state index in [-0.39, 0.29) is 0 Å². The van der Waals surface area contributed by atoms with Crippen molar-refractivity contribution in [2.45, 2.75) is 0 Å².